The lowest BCUT2D eigenvalue weighted by atomic mass is 9.97. The number of rotatable bonds is 8. The van der Waals surface area contributed by atoms with Gasteiger partial charge in [0.05, 0.1) is 7.11 Å². The zero-order valence-corrected chi connectivity index (χ0v) is 20.6. The molecule has 5 rings (SSSR count). The van der Waals surface area contributed by atoms with Gasteiger partial charge in [0.2, 0.25) is 0 Å². The summed E-state index contributed by atoms with van der Waals surface area (Å²) >= 11 is 1.51. The zero-order chi connectivity index (χ0) is 24.2. The number of carbonyl (C=O) groups excluding carboxylic acids is 1. The molecule has 1 saturated heterocycles. The van der Waals surface area contributed by atoms with E-state index in [0.29, 0.717) is 17.7 Å². The molecule has 3 aromatic carbocycles. The van der Waals surface area contributed by atoms with E-state index in [9.17, 15) is 9.18 Å². The van der Waals surface area contributed by atoms with Crippen LogP contribution in [0.2, 0.25) is 0 Å². The van der Waals surface area contributed by atoms with Crippen LogP contribution in [0.3, 0.4) is 0 Å². The van der Waals surface area contributed by atoms with Gasteiger partial charge in [-0.3, -0.25) is 9.69 Å². The van der Waals surface area contributed by atoms with Crippen LogP contribution in [-0.4, -0.2) is 44.0 Å². The van der Waals surface area contributed by atoms with Crippen molar-refractivity contribution in [1.82, 2.24) is 4.90 Å². The van der Waals surface area contributed by atoms with Crippen LogP contribution < -0.4 is 9.47 Å². The molecule has 0 spiro atoms. The van der Waals surface area contributed by atoms with E-state index in [4.69, 9.17) is 9.47 Å². The Kier molecular flexibility index (Phi) is 7.11. The summed E-state index contributed by atoms with van der Waals surface area (Å²) in [5.74, 6) is 1.12. The maximum atomic E-state index is 13.7. The van der Waals surface area contributed by atoms with Crippen molar-refractivity contribution in [1.29, 1.82) is 0 Å². The van der Waals surface area contributed by atoms with E-state index < -0.39 is 0 Å². The lowest BCUT2D eigenvalue weighted by Crippen LogP contribution is -2.33. The maximum absolute atomic E-state index is 13.7. The molecule has 1 aliphatic rings. The molecule has 0 radical (unpaired) electrons. The molecule has 0 amide bonds. The largest absolute Gasteiger partial charge is 0.497 e. The Morgan fingerprint density at radius 2 is 1.66 bits per heavy atom. The molecule has 1 aliphatic heterocycles. The smallest absolute Gasteiger partial charge is 0.195 e. The number of likely N-dealkylation sites (tertiary alicyclic amines) is 1. The first-order valence-electron chi connectivity index (χ1n) is 12.0. The molecule has 180 valence electrons. The van der Waals surface area contributed by atoms with Crippen molar-refractivity contribution in [3.8, 4) is 21.9 Å². The second-order valence-electron chi connectivity index (χ2n) is 8.78. The van der Waals surface area contributed by atoms with Crippen molar-refractivity contribution in [3.05, 3.63) is 83.7 Å². The molecule has 0 aliphatic carbocycles. The van der Waals surface area contributed by atoms with Crippen molar-refractivity contribution in [2.75, 3.05) is 33.4 Å². The second-order valence-corrected chi connectivity index (χ2v) is 9.83. The highest BCUT2D eigenvalue weighted by Gasteiger charge is 2.22. The van der Waals surface area contributed by atoms with Gasteiger partial charge in [-0.1, -0.05) is 18.6 Å². The van der Waals surface area contributed by atoms with Crippen LogP contribution in [0.1, 0.15) is 35.2 Å². The van der Waals surface area contributed by atoms with E-state index in [1.165, 1.54) is 42.7 Å². The van der Waals surface area contributed by atoms with Crippen molar-refractivity contribution < 1.29 is 18.7 Å². The number of fused-ring (bicyclic) bond motifs is 1. The molecule has 2 heterocycles. The number of hydrogen-bond donors (Lipinski definition) is 0. The number of nitrogens with zero attached hydrogens (tertiary/aromatic N) is 1. The number of benzene rings is 3. The molecule has 4 nitrogen and oxygen atoms in total. The number of thiophene rings is 1. The number of ketones is 1. The molecular weight excluding hydrogens is 461 g/mol. The number of piperidine rings is 1. The molecule has 1 fully saturated rings. The van der Waals surface area contributed by atoms with Crippen LogP contribution >= 0.6 is 11.3 Å². The maximum Gasteiger partial charge on any atom is 0.195 e. The Morgan fingerprint density at radius 1 is 0.943 bits per heavy atom. The quantitative estimate of drug-likeness (QED) is 0.255. The van der Waals surface area contributed by atoms with E-state index in [-0.39, 0.29) is 11.6 Å². The van der Waals surface area contributed by atoms with Crippen LogP contribution in [0.25, 0.3) is 20.5 Å². The number of ether oxygens (including phenoxy) is 2. The van der Waals surface area contributed by atoms with Gasteiger partial charge in [-0.05, 0) is 86.1 Å². The third kappa shape index (κ3) is 5.24. The fourth-order valence-corrected chi connectivity index (χ4v) is 5.79. The Balaban J connectivity index is 1.40. The van der Waals surface area contributed by atoms with E-state index in [0.717, 1.165) is 51.7 Å². The van der Waals surface area contributed by atoms with Crippen LogP contribution in [0.4, 0.5) is 4.39 Å². The van der Waals surface area contributed by atoms with Crippen LogP contribution in [0.15, 0.2) is 66.7 Å². The predicted octanol–water partition coefficient (Wildman–Crippen LogP) is 6.81. The first-order chi connectivity index (χ1) is 17.1. The van der Waals surface area contributed by atoms with Gasteiger partial charge in [-0.25, -0.2) is 4.39 Å². The van der Waals surface area contributed by atoms with Crippen LogP contribution in [0, 0.1) is 5.82 Å². The summed E-state index contributed by atoms with van der Waals surface area (Å²) in [5.41, 5.74) is 2.03. The van der Waals surface area contributed by atoms with Crippen molar-refractivity contribution >= 4 is 27.2 Å². The Bertz CT molecular complexity index is 1310. The zero-order valence-electron chi connectivity index (χ0n) is 19.8. The van der Waals surface area contributed by atoms with Gasteiger partial charge in [-0.15, -0.1) is 11.3 Å². The fourth-order valence-electron chi connectivity index (χ4n) is 4.56. The monoisotopic (exact) mass is 489 g/mol. The minimum atomic E-state index is -0.305. The minimum Gasteiger partial charge on any atom is -0.497 e. The van der Waals surface area contributed by atoms with Crippen molar-refractivity contribution in [3.63, 3.8) is 0 Å². The van der Waals surface area contributed by atoms with Crippen molar-refractivity contribution in [2.45, 2.75) is 19.3 Å². The number of carbonyl (C=O) groups is 1. The summed E-state index contributed by atoms with van der Waals surface area (Å²) in [6, 6.07) is 19.3. The van der Waals surface area contributed by atoms with Gasteiger partial charge in [0, 0.05) is 32.6 Å². The molecule has 6 heteroatoms. The van der Waals surface area contributed by atoms with Gasteiger partial charge < -0.3 is 9.47 Å². The normalized spacial score (nSPS) is 14.2. The summed E-state index contributed by atoms with van der Waals surface area (Å²) in [6.07, 6.45) is 3.85. The SMILES string of the molecule is COc1ccc2c(C(=O)c3ccc(OCCN4CCCCC4)cc3)c(-c3ccc(F)cc3)sc2c1. The van der Waals surface area contributed by atoms with E-state index in [1.54, 1.807) is 19.2 Å². The van der Waals surface area contributed by atoms with Gasteiger partial charge >= 0.3 is 0 Å². The highest BCUT2D eigenvalue weighted by atomic mass is 32.1. The van der Waals surface area contributed by atoms with E-state index >= 15 is 0 Å². The first kappa shape index (κ1) is 23.5. The third-order valence-electron chi connectivity index (χ3n) is 6.47. The predicted molar refractivity (Wildman–Crippen MR) is 139 cm³/mol. The first-order valence-corrected chi connectivity index (χ1v) is 12.8. The highest BCUT2D eigenvalue weighted by Crippen LogP contribution is 2.41. The average molecular weight is 490 g/mol. The number of halogens is 1. The summed E-state index contributed by atoms with van der Waals surface area (Å²) in [5, 5.41) is 0.863. The molecule has 0 atom stereocenters. The molecule has 0 unspecified atom stereocenters. The Labute approximate surface area is 208 Å². The lowest BCUT2D eigenvalue weighted by Gasteiger charge is -2.26. The Morgan fingerprint density at radius 3 is 2.37 bits per heavy atom. The fraction of sp³-hybridized carbons (Fsp3) is 0.276. The van der Waals surface area contributed by atoms with Gasteiger partial charge in [0.25, 0.3) is 0 Å². The van der Waals surface area contributed by atoms with Gasteiger partial charge in [-0.2, -0.15) is 0 Å². The third-order valence-corrected chi connectivity index (χ3v) is 7.67. The summed E-state index contributed by atoms with van der Waals surface area (Å²) in [4.78, 5) is 17.0. The summed E-state index contributed by atoms with van der Waals surface area (Å²) in [6.45, 7) is 3.85. The molecule has 0 bridgehead atoms. The summed E-state index contributed by atoms with van der Waals surface area (Å²) < 4.78 is 25.8. The lowest BCUT2D eigenvalue weighted by molar-refractivity contribution is 0.104. The van der Waals surface area contributed by atoms with E-state index in [1.807, 2.05) is 42.5 Å². The highest BCUT2D eigenvalue weighted by molar-refractivity contribution is 7.22. The van der Waals surface area contributed by atoms with E-state index in [2.05, 4.69) is 4.90 Å². The molecular formula is C29H28FNO3S. The van der Waals surface area contributed by atoms with Gasteiger partial charge in [0.15, 0.2) is 5.78 Å². The molecule has 0 saturated carbocycles. The molecule has 0 N–H and O–H groups in total. The average Bonchev–Trinajstić information content (AvgIpc) is 3.28. The number of hydrogen-bond acceptors (Lipinski definition) is 5. The molecule has 35 heavy (non-hydrogen) atoms. The van der Waals surface area contributed by atoms with Crippen molar-refractivity contribution in [2.24, 2.45) is 0 Å². The van der Waals surface area contributed by atoms with Gasteiger partial charge in [0.1, 0.15) is 23.9 Å². The van der Waals surface area contributed by atoms with Crippen LogP contribution in [0.5, 0.6) is 11.5 Å². The molecule has 1 aromatic heterocycles. The second kappa shape index (κ2) is 10.6. The minimum absolute atomic E-state index is 0.0689. The standard InChI is InChI=1S/C29H28FNO3S/c1-33-24-13-14-25-26(19-24)35-29(21-5-9-22(30)10-6-21)27(25)28(32)20-7-11-23(12-8-20)34-18-17-31-15-3-2-4-16-31/h5-14,19H,2-4,15-18H2,1H3. The Hall–Kier alpha value is -3.22. The topological polar surface area (TPSA) is 38.8 Å². The molecule has 4 aromatic rings. The summed E-state index contributed by atoms with van der Waals surface area (Å²) in [7, 11) is 1.62. The van der Waals surface area contributed by atoms with Crippen LogP contribution in [-0.2, 0) is 0 Å². The number of methoxy groups -OCH3 is 1.